The van der Waals surface area contributed by atoms with Crippen LogP contribution in [0.5, 0.6) is 0 Å². The monoisotopic (exact) mass is 1320 g/mol. The van der Waals surface area contributed by atoms with Crippen LogP contribution in [0, 0.1) is 22.7 Å². The Hall–Kier alpha value is -8.46. The quantitative estimate of drug-likeness (QED) is 0.0620. The van der Waals surface area contributed by atoms with Gasteiger partial charge in [0.1, 0.15) is 45.7 Å². The second-order valence-electron chi connectivity index (χ2n) is 24.5. The van der Waals surface area contributed by atoms with Crippen molar-refractivity contribution in [2.75, 3.05) is 110 Å². The van der Waals surface area contributed by atoms with Crippen LogP contribution in [0.3, 0.4) is 0 Å². The molecular weight excluding hydrogens is 1250 g/mol. The molecule has 0 aromatic carbocycles. The average molecular weight is 1320 g/mol. The molecular formula is C62H65F11N18O3. The number of methoxy groups -OCH3 is 1. The van der Waals surface area contributed by atoms with Gasteiger partial charge in [0.05, 0.1) is 76.7 Å². The molecule has 0 bridgehead atoms. The van der Waals surface area contributed by atoms with Gasteiger partial charge in [-0.05, 0) is 114 Å². The van der Waals surface area contributed by atoms with Gasteiger partial charge < -0.3 is 50.2 Å². The third-order valence-electron chi connectivity index (χ3n) is 18.3. The van der Waals surface area contributed by atoms with Crippen LogP contribution >= 0.6 is 0 Å². The highest BCUT2D eigenvalue weighted by molar-refractivity contribution is 5.61. The third-order valence-corrected chi connectivity index (χ3v) is 18.3. The van der Waals surface area contributed by atoms with Crippen molar-refractivity contribution in [3.63, 3.8) is 0 Å². The van der Waals surface area contributed by atoms with Crippen molar-refractivity contribution >= 4 is 52.8 Å². The van der Waals surface area contributed by atoms with E-state index < -0.39 is 100 Å². The molecule has 12 heterocycles. The van der Waals surface area contributed by atoms with Crippen LogP contribution in [0.4, 0.5) is 101 Å². The summed E-state index contributed by atoms with van der Waals surface area (Å²) in [4.78, 5) is 46.1. The van der Waals surface area contributed by atoms with E-state index in [9.17, 15) is 36.9 Å². The summed E-state index contributed by atoms with van der Waals surface area (Å²) in [6.07, 6.45) is -9.33. The molecule has 6 aliphatic rings. The number of anilines is 9. The number of piperidine rings is 1. The van der Waals surface area contributed by atoms with Crippen molar-refractivity contribution in [2.45, 2.75) is 130 Å². The molecule has 6 aromatic heterocycles. The van der Waals surface area contributed by atoms with Gasteiger partial charge in [0.15, 0.2) is 0 Å². The summed E-state index contributed by atoms with van der Waals surface area (Å²) < 4.78 is 182. The lowest BCUT2D eigenvalue weighted by atomic mass is 9.78. The van der Waals surface area contributed by atoms with Gasteiger partial charge in [-0.2, -0.15) is 65.0 Å². The Morgan fingerprint density at radius 2 is 1.10 bits per heavy atom. The maximum Gasteiger partial charge on any atom is 0.416 e. The second-order valence-corrected chi connectivity index (χ2v) is 24.5. The number of hydrogen-bond donors (Lipinski definition) is 4. The second kappa shape index (κ2) is 26.4. The van der Waals surface area contributed by atoms with E-state index in [0.29, 0.717) is 56.8 Å². The summed E-state index contributed by atoms with van der Waals surface area (Å²) in [7, 11) is 1.58. The summed E-state index contributed by atoms with van der Waals surface area (Å²) >= 11 is 0. The minimum atomic E-state index is -5.03. The molecule has 32 heteroatoms. The van der Waals surface area contributed by atoms with Crippen molar-refractivity contribution in [3.8, 4) is 12.1 Å². The van der Waals surface area contributed by atoms with E-state index in [1.54, 1.807) is 18.1 Å². The molecule has 6 aliphatic heterocycles. The third kappa shape index (κ3) is 14.3. The van der Waals surface area contributed by atoms with E-state index in [4.69, 9.17) is 29.2 Å². The number of rotatable bonds is 17. The molecule has 6 aromatic rings. The molecule has 6 fully saturated rings. The summed E-state index contributed by atoms with van der Waals surface area (Å²) in [6, 6.07) is 12.8. The highest BCUT2D eigenvalue weighted by atomic mass is 19.4. The predicted molar refractivity (Wildman–Crippen MR) is 319 cm³/mol. The minimum absolute atomic E-state index is 0.00354. The van der Waals surface area contributed by atoms with Crippen molar-refractivity contribution in [3.05, 3.63) is 106 Å². The maximum atomic E-state index is 16.9. The van der Waals surface area contributed by atoms with Gasteiger partial charge in [-0.25, -0.2) is 38.7 Å². The zero-order chi connectivity index (χ0) is 66.2. The van der Waals surface area contributed by atoms with Crippen molar-refractivity contribution in [1.29, 1.82) is 10.5 Å². The molecule has 21 nitrogen and oxygen atoms in total. The molecule has 0 saturated carbocycles. The van der Waals surface area contributed by atoms with E-state index in [1.165, 1.54) is 12.1 Å². The standard InChI is InChI=1S/C62H65F11N18O3/c1-92-32-42-5-3-17-91(42)55-80-44(36-6-13-76-14-7-36)28-51(87-55)85-50-26-39(62(71,72)73)23-45(79-50)43-31-89(35-59(43,63)64)54-81-46(57(33-74)9-18-93-19-10-57)29-53(86-54)84-49-25-38(61(68,69)70)22-40(78-49)27-41-4-2-16-90(41)56-82-47(58(34-75)11-20-94-21-12-58)30-52(88-56)83-48-24-37(8-15-77-48)60(65,66)67/h8,15,22-26,28-30,36,41-43,76H,2-7,9-14,16-21,27,31-32,35H2,1H3,(H,77,82,83,88)(H,78,81,84,86)(H,79,80,85,87)/t41-,42?,43?/m0/s1. The first kappa shape index (κ1) is 65.6. The number of nitrogens with one attached hydrogen (secondary N) is 4. The number of pyridine rings is 3. The molecule has 0 aliphatic carbocycles. The highest BCUT2D eigenvalue weighted by Crippen LogP contribution is 2.46. The van der Waals surface area contributed by atoms with Crippen LogP contribution in [0.15, 0.2) is 60.8 Å². The smallest absolute Gasteiger partial charge is 0.383 e. The van der Waals surface area contributed by atoms with Crippen LogP contribution in [-0.4, -0.2) is 142 Å². The van der Waals surface area contributed by atoms with E-state index in [2.05, 4.69) is 63.3 Å². The Kier molecular flexibility index (Phi) is 18.4. The van der Waals surface area contributed by atoms with Crippen LogP contribution in [0.25, 0.3) is 0 Å². The summed E-state index contributed by atoms with van der Waals surface area (Å²) in [5.41, 5.74) is -5.83. The van der Waals surface area contributed by atoms with Gasteiger partial charge >= 0.3 is 18.5 Å². The van der Waals surface area contributed by atoms with Gasteiger partial charge in [-0.3, -0.25) is 0 Å². The molecule has 94 heavy (non-hydrogen) atoms. The Bertz CT molecular complexity index is 3810. The van der Waals surface area contributed by atoms with Gasteiger partial charge in [-0.15, -0.1) is 0 Å². The van der Waals surface area contributed by atoms with Crippen molar-refractivity contribution in [2.24, 2.45) is 0 Å². The number of alkyl halides is 11. The summed E-state index contributed by atoms with van der Waals surface area (Å²) in [5, 5.41) is 33.3. The van der Waals surface area contributed by atoms with E-state index in [1.807, 2.05) is 4.90 Å². The first-order valence-corrected chi connectivity index (χ1v) is 30.9. The Morgan fingerprint density at radius 3 is 1.69 bits per heavy atom. The number of nitriles is 2. The maximum absolute atomic E-state index is 16.9. The largest absolute Gasteiger partial charge is 0.416 e. The Labute approximate surface area is 532 Å². The van der Waals surface area contributed by atoms with Crippen molar-refractivity contribution < 1.29 is 62.5 Å². The van der Waals surface area contributed by atoms with Crippen molar-refractivity contribution in [1.82, 2.24) is 50.2 Å². The topological polar surface area (TPSA) is 249 Å². The first-order chi connectivity index (χ1) is 44.9. The molecule has 3 atom stereocenters. The Morgan fingerprint density at radius 1 is 0.585 bits per heavy atom. The van der Waals surface area contributed by atoms with Gasteiger partial charge in [0.2, 0.25) is 17.8 Å². The van der Waals surface area contributed by atoms with Crippen LogP contribution in [0.1, 0.15) is 121 Å². The zero-order valence-electron chi connectivity index (χ0n) is 50.8. The SMILES string of the molecule is COCC1CCCN1c1nc(Nc2cc(C(F)(F)F)cc(C3CN(c4nc(Nc5cc(C(F)(F)F)cc(C[C@@H]6CCCN6c6nc(Nc7cc(C(F)(F)F)ccn7)cc(C7(C#N)CCOCC7)n6)n5)cc(C5(C#N)CCOCC5)n4)CC3(F)F)n2)cc(C2CCNCC2)n1. The molecule has 0 spiro atoms. The van der Waals surface area contributed by atoms with E-state index in [-0.39, 0.29) is 123 Å². The Balaban J connectivity index is 0.861. The summed E-state index contributed by atoms with van der Waals surface area (Å²) in [6.45, 7) is 1.41. The van der Waals surface area contributed by atoms with Gasteiger partial charge in [0.25, 0.3) is 5.92 Å². The van der Waals surface area contributed by atoms with Gasteiger partial charge in [0, 0.05) is 102 Å². The lowest BCUT2D eigenvalue weighted by Crippen LogP contribution is -2.36. The number of ether oxygens (including phenoxy) is 3. The fourth-order valence-electron chi connectivity index (χ4n) is 13.2. The summed E-state index contributed by atoms with van der Waals surface area (Å²) in [5.74, 6) is -7.08. The normalized spacial score (nSPS) is 21.6. The van der Waals surface area contributed by atoms with Crippen LogP contribution < -0.4 is 36.0 Å². The molecule has 498 valence electrons. The molecule has 12 rings (SSSR count). The molecule has 0 radical (unpaired) electrons. The molecule has 4 N–H and O–H groups in total. The fourth-order valence-corrected chi connectivity index (χ4v) is 13.2. The van der Waals surface area contributed by atoms with E-state index >= 15 is 22.0 Å². The highest BCUT2D eigenvalue weighted by Gasteiger charge is 2.52. The minimum Gasteiger partial charge on any atom is -0.383 e. The number of hydrogen-bond acceptors (Lipinski definition) is 21. The van der Waals surface area contributed by atoms with Gasteiger partial charge in [-0.1, -0.05) is 0 Å². The fraction of sp³-hybridized carbons (Fsp3) is 0.532. The predicted octanol–water partition coefficient (Wildman–Crippen LogP) is 11.2. The lowest BCUT2D eigenvalue weighted by molar-refractivity contribution is -0.138. The first-order valence-electron chi connectivity index (χ1n) is 30.9. The number of nitrogens with zero attached hydrogens (tertiary/aromatic N) is 14. The zero-order valence-corrected chi connectivity index (χ0v) is 50.8. The molecule has 2 unspecified atom stereocenters. The lowest BCUT2D eigenvalue weighted by Gasteiger charge is -2.32. The number of halogens is 11. The molecule has 0 amide bonds. The molecule has 6 saturated heterocycles. The van der Waals surface area contributed by atoms with Crippen LogP contribution in [0.2, 0.25) is 0 Å². The van der Waals surface area contributed by atoms with Crippen LogP contribution in [-0.2, 0) is 50.0 Å². The average Bonchev–Trinajstić information content (AvgIpc) is 1.52. The number of aromatic nitrogens is 9. The van der Waals surface area contributed by atoms with E-state index in [0.717, 1.165) is 67.1 Å².